The van der Waals surface area contributed by atoms with Crippen molar-refractivity contribution in [1.29, 1.82) is 0 Å². The Morgan fingerprint density at radius 3 is 2.90 bits per heavy atom. The predicted octanol–water partition coefficient (Wildman–Crippen LogP) is 3.75. The molecule has 2 atom stereocenters. The van der Waals surface area contributed by atoms with Crippen molar-refractivity contribution in [2.45, 2.75) is 43.7 Å². The Hall–Kier alpha value is -3.01. The summed E-state index contributed by atoms with van der Waals surface area (Å²) in [5.41, 5.74) is 0.725. The summed E-state index contributed by atoms with van der Waals surface area (Å²) >= 11 is 1.20. The lowest BCUT2D eigenvalue weighted by atomic mass is 10.2. The van der Waals surface area contributed by atoms with E-state index in [0.717, 1.165) is 12.0 Å². The minimum absolute atomic E-state index is 0.164. The van der Waals surface area contributed by atoms with Crippen molar-refractivity contribution in [1.82, 2.24) is 20.0 Å². The molecule has 3 aromatic rings. The van der Waals surface area contributed by atoms with Crippen molar-refractivity contribution in [3.05, 3.63) is 30.5 Å². The van der Waals surface area contributed by atoms with Gasteiger partial charge in [0.2, 0.25) is 18.6 Å². The van der Waals surface area contributed by atoms with Gasteiger partial charge in [0.15, 0.2) is 11.5 Å². The summed E-state index contributed by atoms with van der Waals surface area (Å²) in [5.74, 6) is 2.19. The third-order valence-electron chi connectivity index (χ3n) is 4.60. The van der Waals surface area contributed by atoms with E-state index in [1.165, 1.54) is 11.8 Å². The van der Waals surface area contributed by atoms with Crippen LogP contribution in [0.1, 0.15) is 33.2 Å². The Balaban J connectivity index is 1.41. The van der Waals surface area contributed by atoms with Crippen LogP contribution in [0, 0.1) is 0 Å². The summed E-state index contributed by atoms with van der Waals surface area (Å²) in [4.78, 5) is 12.6. The van der Waals surface area contributed by atoms with Crippen LogP contribution in [0.4, 0.5) is 5.82 Å². The van der Waals surface area contributed by atoms with Gasteiger partial charge in [-0.15, -0.1) is 10.2 Å². The van der Waals surface area contributed by atoms with Gasteiger partial charge in [0.25, 0.3) is 5.22 Å². The standard InChI is InChI=1S/C19H21N5O4S/c1-4-11(2)24-16(7-8-20-24)21-17(25)12(3)29-19-23-22-18(28-19)13-5-6-14-15(9-13)27-10-26-14/h5-9,11-12H,4,10H2,1-3H3,(H,21,25)/t11-,12+/m0/s1. The molecular weight excluding hydrogens is 394 g/mol. The van der Waals surface area contributed by atoms with Gasteiger partial charge in [-0.25, -0.2) is 4.68 Å². The third-order valence-corrected chi connectivity index (χ3v) is 5.54. The number of thioether (sulfide) groups is 1. The molecule has 9 nitrogen and oxygen atoms in total. The molecule has 0 unspecified atom stereocenters. The van der Waals surface area contributed by atoms with Gasteiger partial charge in [-0.2, -0.15) is 5.10 Å². The molecule has 1 amide bonds. The number of anilines is 1. The number of amides is 1. The molecule has 0 fully saturated rings. The summed E-state index contributed by atoms with van der Waals surface area (Å²) in [6.45, 7) is 6.11. The zero-order valence-corrected chi connectivity index (χ0v) is 17.1. The molecule has 10 heteroatoms. The molecule has 0 saturated carbocycles. The van der Waals surface area contributed by atoms with Gasteiger partial charge in [0.05, 0.1) is 17.5 Å². The van der Waals surface area contributed by atoms with Gasteiger partial charge in [0.1, 0.15) is 5.82 Å². The van der Waals surface area contributed by atoms with Crippen molar-refractivity contribution in [3.63, 3.8) is 0 Å². The lowest BCUT2D eigenvalue weighted by Crippen LogP contribution is -2.24. The predicted molar refractivity (Wildman–Crippen MR) is 107 cm³/mol. The van der Waals surface area contributed by atoms with Crippen LogP contribution in [-0.4, -0.2) is 37.9 Å². The highest BCUT2D eigenvalue weighted by molar-refractivity contribution is 8.00. The fraction of sp³-hybridized carbons (Fsp3) is 0.368. The molecule has 0 bridgehead atoms. The van der Waals surface area contributed by atoms with Crippen LogP contribution in [0.25, 0.3) is 11.5 Å². The fourth-order valence-corrected chi connectivity index (χ4v) is 3.46. The maximum atomic E-state index is 12.6. The van der Waals surface area contributed by atoms with Gasteiger partial charge in [-0.1, -0.05) is 18.7 Å². The molecular formula is C19H21N5O4S. The molecule has 0 spiro atoms. The van der Waals surface area contributed by atoms with Gasteiger partial charge in [0, 0.05) is 11.6 Å². The Morgan fingerprint density at radius 1 is 1.24 bits per heavy atom. The monoisotopic (exact) mass is 415 g/mol. The van der Waals surface area contributed by atoms with Crippen LogP contribution in [0.5, 0.6) is 11.5 Å². The van der Waals surface area contributed by atoms with Crippen LogP contribution in [0.15, 0.2) is 40.1 Å². The summed E-state index contributed by atoms with van der Waals surface area (Å²) < 4.78 is 18.2. The quantitative estimate of drug-likeness (QED) is 0.582. The molecule has 4 rings (SSSR count). The Bertz CT molecular complexity index is 1020. The molecule has 1 aliphatic rings. The number of hydrogen-bond donors (Lipinski definition) is 1. The number of fused-ring (bicyclic) bond motifs is 1. The Morgan fingerprint density at radius 2 is 2.07 bits per heavy atom. The Kier molecular flexibility index (Phi) is 5.43. The smallest absolute Gasteiger partial charge is 0.277 e. The van der Waals surface area contributed by atoms with Gasteiger partial charge < -0.3 is 19.2 Å². The highest BCUT2D eigenvalue weighted by atomic mass is 32.2. The number of benzene rings is 1. The minimum atomic E-state index is -0.430. The molecule has 29 heavy (non-hydrogen) atoms. The van der Waals surface area contributed by atoms with E-state index in [-0.39, 0.29) is 18.7 Å². The van der Waals surface area contributed by atoms with E-state index in [1.54, 1.807) is 36.0 Å². The lowest BCUT2D eigenvalue weighted by Gasteiger charge is -2.15. The highest BCUT2D eigenvalue weighted by Crippen LogP contribution is 2.36. The number of aromatic nitrogens is 4. The molecule has 3 heterocycles. The van der Waals surface area contributed by atoms with E-state index in [4.69, 9.17) is 13.9 Å². The molecule has 2 aromatic heterocycles. The third kappa shape index (κ3) is 4.07. The summed E-state index contributed by atoms with van der Waals surface area (Å²) in [6.07, 6.45) is 2.59. The first kappa shape index (κ1) is 19.3. The van der Waals surface area contributed by atoms with Gasteiger partial charge >= 0.3 is 0 Å². The SMILES string of the molecule is CC[C@H](C)n1nccc1NC(=O)[C@@H](C)Sc1nnc(-c2ccc3c(c2)OCO3)o1. The molecule has 0 saturated heterocycles. The average molecular weight is 415 g/mol. The minimum Gasteiger partial charge on any atom is -0.454 e. The van der Waals surface area contributed by atoms with Crippen LogP contribution in [0.2, 0.25) is 0 Å². The second-order valence-corrected chi connectivity index (χ2v) is 7.90. The molecule has 1 aliphatic heterocycles. The van der Waals surface area contributed by atoms with Crippen LogP contribution >= 0.6 is 11.8 Å². The number of ether oxygens (including phenoxy) is 2. The van der Waals surface area contributed by atoms with Gasteiger partial charge in [-0.05, 0) is 38.5 Å². The van der Waals surface area contributed by atoms with E-state index < -0.39 is 5.25 Å². The zero-order valence-electron chi connectivity index (χ0n) is 16.3. The zero-order chi connectivity index (χ0) is 20.4. The van der Waals surface area contributed by atoms with E-state index >= 15 is 0 Å². The highest BCUT2D eigenvalue weighted by Gasteiger charge is 2.21. The van der Waals surface area contributed by atoms with Crippen molar-refractivity contribution in [2.24, 2.45) is 0 Å². The van der Waals surface area contributed by atoms with Crippen LogP contribution < -0.4 is 14.8 Å². The summed E-state index contributed by atoms with van der Waals surface area (Å²) in [7, 11) is 0. The van der Waals surface area contributed by atoms with E-state index in [9.17, 15) is 4.79 Å². The molecule has 0 aliphatic carbocycles. The van der Waals surface area contributed by atoms with Crippen molar-refractivity contribution in [2.75, 3.05) is 12.1 Å². The van der Waals surface area contributed by atoms with Crippen molar-refractivity contribution < 1.29 is 18.7 Å². The molecule has 1 aromatic carbocycles. The van der Waals surface area contributed by atoms with E-state index in [1.807, 2.05) is 6.07 Å². The van der Waals surface area contributed by atoms with E-state index in [2.05, 4.69) is 34.5 Å². The summed E-state index contributed by atoms with van der Waals surface area (Å²) in [6, 6.07) is 7.39. The van der Waals surface area contributed by atoms with E-state index in [0.29, 0.717) is 28.4 Å². The first-order chi connectivity index (χ1) is 14.0. The topological polar surface area (TPSA) is 104 Å². The van der Waals surface area contributed by atoms with Crippen LogP contribution in [0.3, 0.4) is 0 Å². The van der Waals surface area contributed by atoms with Crippen LogP contribution in [-0.2, 0) is 4.79 Å². The maximum Gasteiger partial charge on any atom is 0.277 e. The average Bonchev–Trinajstić information content (AvgIpc) is 3.47. The molecule has 152 valence electrons. The van der Waals surface area contributed by atoms with Crippen molar-refractivity contribution >= 4 is 23.5 Å². The number of nitrogens with zero attached hydrogens (tertiary/aromatic N) is 4. The van der Waals surface area contributed by atoms with Crippen molar-refractivity contribution in [3.8, 4) is 23.0 Å². The lowest BCUT2D eigenvalue weighted by molar-refractivity contribution is -0.115. The Labute approximate surface area is 171 Å². The number of carbonyl (C=O) groups excluding carboxylic acids is 1. The first-order valence-corrected chi connectivity index (χ1v) is 10.2. The summed E-state index contributed by atoms with van der Waals surface area (Å²) in [5, 5.41) is 15.2. The molecule has 0 radical (unpaired) electrons. The van der Waals surface area contributed by atoms with Gasteiger partial charge in [-0.3, -0.25) is 4.79 Å². The first-order valence-electron chi connectivity index (χ1n) is 9.29. The fourth-order valence-electron chi connectivity index (χ4n) is 2.77. The number of hydrogen-bond acceptors (Lipinski definition) is 8. The number of nitrogens with one attached hydrogen (secondary N) is 1. The number of carbonyl (C=O) groups is 1. The largest absolute Gasteiger partial charge is 0.454 e. The maximum absolute atomic E-state index is 12.6. The second-order valence-electron chi connectivity index (χ2n) is 6.61. The number of rotatable bonds is 7. The normalized spacial score (nSPS) is 14.6. The molecule has 1 N–H and O–H groups in total. The second kappa shape index (κ2) is 8.16.